The minimum atomic E-state index is -0.505. The topological polar surface area (TPSA) is 41.9 Å². The molecule has 0 bridgehead atoms. The number of aliphatic hydroxyl groups is 1. The summed E-state index contributed by atoms with van der Waals surface area (Å²) < 4.78 is 10.9. The minimum absolute atomic E-state index is 0.0216. The Balaban J connectivity index is 2.61. The average molecular weight is 295 g/mol. The summed E-state index contributed by atoms with van der Waals surface area (Å²) >= 11 is 0. The van der Waals surface area contributed by atoms with Gasteiger partial charge in [0.15, 0.2) is 0 Å². The second kappa shape index (κ2) is 10.7. The highest BCUT2D eigenvalue weighted by Crippen LogP contribution is 2.20. The maximum atomic E-state index is 10.5. The number of hydrogen-bond acceptors (Lipinski definition) is 4. The number of rotatable bonds is 11. The van der Waals surface area contributed by atoms with Gasteiger partial charge in [-0.1, -0.05) is 30.3 Å². The van der Waals surface area contributed by atoms with E-state index in [1.54, 1.807) is 0 Å². The highest BCUT2D eigenvalue weighted by molar-refractivity contribution is 5.18. The molecular weight excluding hydrogens is 266 g/mol. The van der Waals surface area contributed by atoms with E-state index in [4.69, 9.17) is 9.47 Å². The quantitative estimate of drug-likeness (QED) is 0.637. The van der Waals surface area contributed by atoms with Crippen LogP contribution in [0.4, 0.5) is 0 Å². The van der Waals surface area contributed by atoms with Crippen LogP contribution in [0.15, 0.2) is 30.3 Å². The molecule has 0 heterocycles. The monoisotopic (exact) mass is 295 g/mol. The molecule has 1 N–H and O–H groups in total. The normalized spacial score (nSPS) is 14.3. The van der Waals surface area contributed by atoms with Gasteiger partial charge in [-0.25, -0.2) is 0 Å². The molecule has 0 aliphatic carbocycles. The molecule has 4 nitrogen and oxygen atoms in total. The lowest BCUT2D eigenvalue weighted by atomic mass is 10.0. The average Bonchev–Trinajstić information content (AvgIpc) is 2.53. The maximum Gasteiger partial charge on any atom is 0.0942 e. The van der Waals surface area contributed by atoms with E-state index in [9.17, 15) is 5.11 Å². The number of aliphatic hydroxyl groups excluding tert-OH is 1. The molecule has 0 radical (unpaired) electrons. The van der Waals surface area contributed by atoms with Crippen molar-refractivity contribution in [3.05, 3.63) is 35.9 Å². The fourth-order valence-electron chi connectivity index (χ4n) is 2.30. The van der Waals surface area contributed by atoms with E-state index in [2.05, 4.69) is 11.8 Å². The Bertz CT molecular complexity index is 348. The zero-order valence-corrected chi connectivity index (χ0v) is 13.5. The van der Waals surface area contributed by atoms with Crippen LogP contribution < -0.4 is 0 Å². The SMILES string of the molecule is CCOCCN(CCOCC)C(C)C(O)c1ccccc1. The van der Waals surface area contributed by atoms with E-state index in [1.165, 1.54) is 0 Å². The smallest absolute Gasteiger partial charge is 0.0942 e. The third kappa shape index (κ3) is 6.57. The predicted octanol–water partition coefficient (Wildman–Crippen LogP) is 2.48. The van der Waals surface area contributed by atoms with Gasteiger partial charge >= 0.3 is 0 Å². The molecule has 1 aromatic rings. The van der Waals surface area contributed by atoms with Crippen LogP contribution in [-0.2, 0) is 9.47 Å². The first-order chi connectivity index (χ1) is 10.2. The lowest BCUT2D eigenvalue weighted by Crippen LogP contribution is -2.41. The molecule has 21 heavy (non-hydrogen) atoms. The summed E-state index contributed by atoms with van der Waals surface area (Å²) in [6.45, 7) is 10.4. The van der Waals surface area contributed by atoms with Crippen molar-refractivity contribution in [3.8, 4) is 0 Å². The van der Waals surface area contributed by atoms with Gasteiger partial charge < -0.3 is 14.6 Å². The number of ether oxygens (including phenoxy) is 2. The number of benzene rings is 1. The standard InChI is InChI=1S/C17H29NO3/c1-4-20-13-11-18(12-14-21-5-2)15(3)17(19)16-9-7-6-8-10-16/h6-10,15,17,19H,4-5,11-14H2,1-3H3. The Kier molecular flexibility index (Phi) is 9.26. The summed E-state index contributed by atoms with van der Waals surface area (Å²) in [7, 11) is 0. The first-order valence-electron chi connectivity index (χ1n) is 7.83. The van der Waals surface area contributed by atoms with Crippen LogP contribution in [0.25, 0.3) is 0 Å². The third-order valence-corrected chi connectivity index (χ3v) is 3.63. The Hall–Kier alpha value is -0.940. The van der Waals surface area contributed by atoms with Crippen molar-refractivity contribution in [2.75, 3.05) is 39.5 Å². The highest BCUT2D eigenvalue weighted by Gasteiger charge is 2.22. The fraction of sp³-hybridized carbons (Fsp3) is 0.647. The molecule has 0 aliphatic rings. The molecule has 0 amide bonds. The molecule has 0 spiro atoms. The second-order valence-corrected chi connectivity index (χ2v) is 5.03. The van der Waals surface area contributed by atoms with Crippen molar-refractivity contribution >= 4 is 0 Å². The van der Waals surface area contributed by atoms with Crippen molar-refractivity contribution in [2.24, 2.45) is 0 Å². The van der Waals surface area contributed by atoms with Gasteiger partial charge in [-0.2, -0.15) is 0 Å². The molecule has 120 valence electrons. The van der Waals surface area contributed by atoms with Crippen molar-refractivity contribution in [2.45, 2.75) is 32.9 Å². The van der Waals surface area contributed by atoms with E-state index in [1.807, 2.05) is 44.2 Å². The van der Waals surface area contributed by atoms with E-state index in [-0.39, 0.29) is 6.04 Å². The van der Waals surface area contributed by atoms with Crippen molar-refractivity contribution in [1.82, 2.24) is 4.90 Å². The molecule has 4 heteroatoms. The Morgan fingerprint density at radius 3 is 2.00 bits per heavy atom. The lowest BCUT2D eigenvalue weighted by molar-refractivity contribution is 0.0175. The summed E-state index contributed by atoms with van der Waals surface area (Å²) in [6.07, 6.45) is -0.505. The molecule has 0 saturated carbocycles. The first kappa shape index (κ1) is 18.1. The first-order valence-corrected chi connectivity index (χ1v) is 7.83. The van der Waals surface area contributed by atoms with Crippen LogP contribution in [-0.4, -0.2) is 55.6 Å². The summed E-state index contributed by atoms with van der Waals surface area (Å²) in [4.78, 5) is 2.23. The summed E-state index contributed by atoms with van der Waals surface area (Å²) in [5, 5.41) is 10.5. The second-order valence-electron chi connectivity index (χ2n) is 5.03. The van der Waals surface area contributed by atoms with Crippen LogP contribution in [0.5, 0.6) is 0 Å². The van der Waals surface area contributed by atoms with Gasteiger partial charge in [0.1, 0.15) is 0 Å². The fourth-order valence-corrected chi connectivity index (χ4v) is 2.30. The Morgan fingerprint density at radius 2 is 1.52 bits per heavy atom. The maximum absolute atomic E-state index is 10.5. The summed E-state index contributed by atoms with van der Waals surface area (Å²) in [5.41, 5.74) is 0.947. The third-order valence-electron chi connectivity index (χ3n) is 3.63. The summed E-state index contributed by atoms with van der Waals surface area (Å²) in [6, 6.07) is 9.82. The van der Waals surface area contributed by atoms with Crippen molar-refractivity contribution in [3.63, 3.8) is 0 Å². The molecule has 0 fully saturated rings. The minimum Gasteiger partial charge on any atom is -0.387 e. The number of hydrogen-bond donors (Lipinski definition) is 1. The Morgan fingerprint density at radius 1 is 1.00 bits per heavy atom. The molecule has 1 rings (SSSR count). The zero-order chi connectivity index (χ0) is 15.5. The van der Waals surface area contributed by atoms with Gasteiger partial charge in [0, 0.05) is 32.3 Å². The van der Waals surface area contributed by atoms with Crippen LogP contribution in [0.3, 0.4) is 0 Å². The van der Waals surface area contributed by atoms with Crippen LogP contribution in [0.1, 0.15) is 32.4 Å². The van der Waals surface area contributed by atoms with E-state index in [0.29, 0.717) is 13.2 Å². The molecule has 0 aromatic heterocycles. The zero-order valence-electron chi connectivity index (χ0n) is 13.5. The lowest BCUT2D eigenvalue weighted by Gasteiger charge is -2.32. The van der Waals surface area contributed by atoms with E-state index in [0.717, 1.165) is 31.9 Å². The van der Waals surface area contributed by atoms with Crippen LogP contribution in [0.2, 0.25) is 0 Å². The van der Waals surface area contributed by atoms with Crippen LogP contribution in [0, 0.1) is 0 Å². The van der Waals surface area contributed by atoms with Gasteiger partial charge in [-0.05, 0) is 26.3 Å². The van der Waals surface area contributed by atoms with Gasteiger partial charge in [-0.3, -0.25) is 4.90 Å². The van der Waals surface area contributed by atoms with Gasteiger partial charge in [0.2, 0.25) is 0 Å². The predicted molar refractivity (Wildman–Crippen MR) is 85.4 cm³/mol. The molecule has 2 atom stereocenters. The molecule has 0 saturated heterocycles. The van der Waals surface area contributed by atoms with Gasteiger partial charge in [0.05, 0.1) is 19.3 Å². The summed E-state index contributed by atoms with van der Waals surface area (Å²) in [5.74, 6) is 0. The largest absolute Gasteiger partial charge is 0.387 e. The van der Waals surface area contributed by atoms with E-state index >= 15 is 0 Å². The molecular formula is C17H29NO3. The van der Waals surface area contributed by atoms with Crippen LogP contribution >= 0.6 is 0 Å². The van der Waals surface area contributed by atoms with E-state index < -0.39 is 6.10 Å². The molecule has 1 aromatic carbocycles. The van der Waals surface area contributed by atoms with Crippen molar-refractivity contribution in [1.29, 1.82) is 0 Å². The van der Waals surface area contributed by atoms with Gasteiger partial charge in [-0.15, -0.1) is 0 Å². The molecule has 0 aliphatic heterocycles. The number of nitrogens with zero attached hydrogens (tertiary/aromatic N) is 1. The van der Waals surface area contributed by atoms with Gasteiger partial charge in [0.25, 0.3) is 0 Å². The van der Waals surface area contributed by atoms with Crippen molar-refractivity contribution < 1.29 is 14.6 Å². The molecule has 2 unspecified atom stereocenters. The highest BCUT2D eigenvalue weighted by atomic mass is 16.5. The Labute approximate surface area is 128 Å².